The molecule has 2 aliphatic rings. The molecule has 0 aliphatic carbocycles. The van der Waals surface area contributed by atoms with Crippen LogP contribution in [0.4, 0.5) is 0 Å². The minimum absolute atomic E-state index is 0.198. The molecule has 134 valence electrons. The highest BCUT2D eigenvalue weighted by Crippen LogP contribution is 2.28. The molecule has 0 radical (unpaired) electrons. The van der Waals surface area contributed by atoms with Gasteiger partial charge in [-0.25, -0.2) is 4.98 Å². The summed E-state index contributed by atoms with van der Waals surface area (Å²) in [6.07, 6.45) is 8.12. The second-order valence-corrected chi connectivity index (χ2v) is 7.17. The van der Waals surface area contributed by atoms with Gasteiger partial charge in [-0.05, 0) is 39.3 Å². The van der Waals surface area contributed by atoms with Gasteiger partial charge in [0.2, 0.25) is 5.91 Å². The summed E-state index contributed by atoms with van der Waals surface area (Å²) < 4.78 is 7.37. The van der Waals surface area contributed by atoms with Gasteiger partial charge in [-0.3, -0.25) is 4.79 Å². The van der Waals surface area contributed by atoms with E-state index >= 15 is 0 Å². The van der Waals surface area contributed by atoms with Gasteiger partial charge in [-0.1, -0.05) is 0 Å². The zero-order valence-corrected chi connectivity index (χ0v) is 15.0. The fraction of sp³-hybridized carbons (Fsp3) is 0.778. The lowest BCUT2D eigenvalue weighted by molar-refractivity contribution is -0.138. The average Bonchev–Trinajstić information content (AvgIpc) is 3.08. The highest BCUT2D eigenvalue weighted by Gasteiger charge is 2.31. The molecule has 24 heavy (non-hydrogen) atoms. The third-order valence-corrected chi connectivity index (χ3v) is 5.43. The van der Waals surface area contributed by atoms with Gasteiger partial charge < -0.3 is 19.1 Å². The summed E-state index contributed by atoms with van der Waals surface area (Å²) in [4.78, 5) is 21.7. The van der Waals surface area contributed by atoms with Gasteiger partial charge in [0.25, 0.3) is 0 Å². The predicted octanol–water partition coefficient (Wildman–Crippen LogP) is 1.58. The monoisotopic (exact) mass is 334 g/mol. The van der Waals surface area contributed by atoms with Gasteiger partial charge in [-0.15, -0.1) is 0 Å². The Labute approximate surface area is 144 Å². The van der Waals surface area contributed by atoms with Crippen LogP contribution in [0, 0.1) is 5.92 Å². The summed E-state index contributed by atoms with van der Waals surface area (Å²) in [6, 6.07) is 0. The fourth-order valence-electron chi connectivity index (χ4n) is 4.04. The molecule has 0 unspecified atom stereocenters. The number of imidazole rings is 1. The van der Waals surface area contributed by atoms with Crippen molar-refractivity contribution in [2.75, 3.05) is 46.9 Å². The molecule has 6 heteroatoms. The number of amides is 1. The minimum atomic E-state index is 0.198. The van der Waals surface area contributed by atoms with E-state index in [1.54, 1.807) is 7.11 Å². The second-order valence-electron chi connectivity index (χ2n) is 7.17. The van der Waals surface area contributed by atoms with Crippen molar-refractivity contribution >= 4 is 5.91 Å². The Kier molecular flexibility index (Phi) is 5.89. The highest BCUT2D eigenvalue weighted by atomic mass is 16.5. The maximum Gasteiger partial charge on any atom is 0.226 e. The van der Waals surface area contributed by atoms with E-state index in [-0.39, 0.29) is 5.92 Å². The standard InChI is InChI=1S/C18H30N4O2/c1-20-8-3-4-16(14-20)18(23)22-9-5-15(6-10-22)17-19-7-11-21(17)12-13-24-2/h7,11,15-16H,3-6,8-10,12-14H2,1-2H3/t16-/m1/s1. The predicted molar refractivity (Wildman–Crippen MR) is 92.9 cm³/mol. The van der Waals surface area contributed by atoms with Crippen LogP contribution >= 0.6 is 0 Å². The van der Waals surface area contributed by atoms with E-state index in [4.69, 9.17) is 4.74 Å². The largest absolute Gasteiger partial charge is 0.383 e. The number of piperidine rings is 2. The van der Waals surface area contributed by atoms with Crippen molar-refractivity contribution in [1.82, 2.24) is 19.4 Å². The van der Waals surface area contributed by atoms with Crippen LogP contribution in [0.1, 0.15) is 37.4 Å². The molecule has 2 aliphatic heterocycles. The number of hydrogen-bond donors (Lipinski definition) is 0. The van der Waals surface area contributed by atoms with Crippen LogP contribution in [-0.4, -0.2) is 72.2 Å². The first-order valence-electron chi connectivity index (χ1n) is 9.16. The first-order valence-corrected chi connectivity index (χ1v) is 9.16. The number of rotatable bonds is 5. The second kappa shape index (κ2) is 8.12. The number of carbonyl (C=O) groups excluding carboxylic acids is 1. The molecule has 0 aromatic carbocycles. The summed E-state index contributed by atoms with van der Waals surface area (Å²) in [7, 11) is 3.84. The number of carbonyl (C=O) groups is 1. The summed E-state index contributed by atoms with van der Waals surface area (Å²) in [5, 5.41) is 0. The molecule has 0 N–H and O–H groups in total. The van der Waals surface area contributed by atoms with Crippen molar-refractivity contribution in [1.29, 1.82) is 0 Å². The van der Waals surface area contributed by atoms with Crippen LogP contribution < -0.4 is 0 Å². The Balaban J connectivity index is 1.54. The number of nitrogens with zero attached hydrogens (tertiary/aromatic N) is 4. The Bertz CT molecular complexity index is 537. The topological polar surface area (TPSA) is 50.6 Å². The van der Waals surface area contributed by atoms with Crippen molar-refractivity contribution in [3.05, 3.63) is 18.2 Å². The fourth-order valence-corrected chi connectivity index (χ4v) is 4.04. The lowest BCUT2D eigenvalue weighted by Crippen LogP contribution is -2.46. The Morgan fingerprint density at radius 3 is 2.79 bits per heavy atom. The smallest absolute Gasteiger partial charge is 0.226 e. The van der Waals surface area contributed by atoms with Gasteiger partial charge in [0.1, 0.15) is 5.82 Å². The lowest BCUT2D eigenvalue weighted by Gasteiger charge is -2.36. The van der Waals surface area contributed by atoms with Crippen molar-refractivity contribution in [3.63, 3.8) is 0 Å². The molecule has 1 aromatic heterocycles. The van der Waals surface area contributed by atoms with Gasteiger partial charge >= 0.3 is 0 Å². The van der Waals surface area contributed by atoms with Crippen molar-refractivity contribution < 1.29 is 9.53 Å². The van der Waals surface area contributed by atoms with E-state index in [0.717, 1.165) is 64.2 Å². The molecule has 3 heterocycles. The maximum atomic E-state index is 12.8. The molecule has 2 fully saturated rings. The average molecular weight is 334 g/mol. The first kappa shape index (κ1) is 17.4. The van der Waals surface area contributed by atoms with Crippen molar-refractivity contribution in [2.24, 2.45) is 5.92 Å². The van der Waals surface area contributed by atoms with E-state index in [1.807, 2.05) is 12.4 Å². The van der Waals surface area contributed by atoms with Crippen molar-refractivity contribution in [3.8, 4) is 0 Å². The third-order valence-electron chi connectivity index (χ3n) is 5.43. The lowest BCUT2D eigenvalue weighted by atomic mass is 9.92. The van der Waals surface area contributed by atoms with Gasteiger partial charge in [-0.2, -0.15) is 0 Å². The first-order chi connectivity index (χ1) is 11.7. The number of ether oxygens (including phenoxy) is 1. The summed E-state index contributed by atoms with van der Waals surface area (Å²) in [6.45, 7) is 5.31. The van der Waals surface area contributed by atoms with E-state index in [2.05, 4.69) is 26.4 Å². The van der Waals surface area contributed by atoms with E-state index in [0.29, 0.717) is 18.4 Å². The molecule has 1 atom stereocenters. The number of hydrogen-bond acceptors (Lipinski definition) is 4. The number of methoxy groups -OCH3 is 1. The summed E-state index contributed by atoms with van der Waals surface area (Å²) in [5.41, 5.74) is 0. The van der Waals surface area contributed by atoms with Crippen LogP contribution in [0.3, 0.4) is 0 Å². The van der Waals surface area contributed by atoms with Crippen LogP contribution in [0.25, 0.3) is 0 Å². The summed E-state index contributed by atoms with van der Waals surface area (Å²) >= 11 is 0. The Hall–Kier alpha value is -1.40. The molecule has 1 aromatic rings. The quantitative estimate of drug-likeness (QED) is 0.820. The normalized spacial score (nSPS) is 23.6. The molecule has 3 rings (SSSR count). The van der Waals surface area contributed by atoms with E-state index < -0.39 is 0 Å². The van der Waals surface area contributed by atoms with Crippen LogP contribution in [0.2, 0.25) is 0 Å². The molecule has 0 bridgehead atoms. The number of aromatic nitrogens is 2. The van der Waals surface area contributed by atoms with Crippen LogP contribution in [0.15, 0.2) is 12.4 Å². The van der Waals surface area contributed by atoms with Gasteiger partial charge in [0.15, 0.2) is 0 Å². The molecular formula is C18H30N4O2. The molecule has 2 saturated heterocycles. The van der Waals surface area contributed by atoms with E-state index in [1.165, 1.54) is 0 Å². The maximum absolute atomic E-state index is 12.8. The molecule has 6 nitrogen and oxygen atoms in total. The Morgan fingerprint density at radius 1 is 1.29 bits per heavy atom. The third kappa shape index (κ3) is 3.98. The van der Waals surface area contributed by atoms with Crippen molar-refractivity contribution in [2.45, 2.75) is 38.1 Å². The SMILES string of the molecule is COCCn1ccnc1C1CCN(C(=O)[C@@H]2CCCN(C)C2)CC1. The Morgan fingerprint density at radius 2 is 2.08 bits per heavy atom. The van der Waals surface area contributed by atoms with Gasteiger partial charge in [0.05, 0.1) is 12.5 Å². The minimum Gasteiger partial charge on any atom is -0.383 e. The van der Waals surface area contributed by atoms with E-state index in [9.17, 15) is 4.79 Å². The highest BCUT2D eigenvalue weighted by molar-refractivity contribution is 5.79. The van der Waals surface area contributed by atoms with Gasteiger partial charge in [0, 0.05) is 51.6 Å². The zero-order chi connectivity index (χ0) is 16.9. The summed E-state index contributed by atoms with van der Waals surface area (Å²) in [5.74, 6) is 2.16. The van der Waals surface area contributed by atoms with Crippen LogP contribution in [0.5, 0.6) is 0 Å². The zero-order valence-electron chi connectivity index (χ0n) is 15.0. The number of likely N-dealkylation sites (tertiary alicyclic amines) is 2. The molecular weight excluding hydrogens is 304 g/mol. The van der Waals surface area contributed by atoms with Crippen LogP contribution in [-0.2, 0) is 16.1 Å². The molecule has 0 spiro atoms. The molecule has 0 saturated carbocycles. The molecule has 1 amide bonds.